The fourth-order valence-electron chi connectivity index (χ4n) is 3.96. The zero-order valence-corrected chi connectivity index (χ0v) is 18.8. The first kappa shape index (κ1) is 22.7. The number of halogens is 2. The van der Waals surface area contributed by atoms with Crippen LogP contribution in [-0.2, 0) is 21.4 Å². The van der Waals surface area contributed by atoms with E-state index in [-0.39, 0.29) is 35.2 Å². The highest BCUT2D eigenvalue weighted by molar-refractivity contribution is 7.89. The Morgan fingerprint density at radius 3 is 2.59 bits per heavy atom. The van der Waals surface area contributed by atoms with E-state index in [1.807, 2.05) is 24.3 Å². The van der Waals surface area contributed by atoms with Crippen molar-refractivity contribution in [1.29, 1.82) is 0 Å². The van der Waals surface area contributed by atoms with Gasteiger partial charge in [-0.15, -0.1) is 0 Å². The molecule has 1 fully saturated rings. The van der Waals surface area contributed by atoms with Crippen molar-refractivity contribution in [1.82, 2.24) is 9.62 Å². The van der Waals surface area contributed by atoms with Gasteiger partial charge in [0.05, 0.1) is 4.90 Å². The number of hydrogen-bond acceptors (Lipinski definition) is 4. The van der Waals surface area contributed by atoms with Crippen LogP contribution in [-0.4, -0.2) is 36.5 Å². The molecule has 168 valence electrons. The molecule has 0 spiro atoms. The van der Waals surface area contributed by atoms with Gasteiger partial charge >= 0.3 is 0 Å². The Morgan fingerprint density at radius 2 is 1.81 bits per heavy atom. The number of sulfonamides is 1. The highest BCUT2D eigenvalue weighted by atomic mass is 32.2. The predicted octanol–water partition coefficient (Wildman–Crippen LogP) is 3.89. The lowest BCUT2D eigenvalue weighted by molar-refractivity contribution is -0.122. The minimum Gasteiger partial charge on any atom is -0.352 e. The summed E-state index contributed by atoms with van der Waals surface area (Å²) in [6.45, 7) is 0.00557. The van der Waals surface area contributed by atoms with E-state index in [9.17, 15) is 22.0 Å². The van der Waals surface area contributed by atoms with E-state index in [0.717, 1.165) is 29.0 Å². The van der Waals surface area contributed by atoms with Gasteiger partial charge in [0.2, 0.25) is 15.9 Å². The maximum absolute atomic E-state index is 13.8. The first-order valence-corrected chi connectivity index (χ1v) is 12.1. The highest BCUT2D eigenvalue weighted by Gasteiger charge is 2.40. The van der Waals surface area contributed by atoms with E-state index in [4.69, 9.17) is 0 Å². The van der Waals surface area contributed by atoms with Crippen LogP contribution in [0.25, 0.3) is 10.8 Å². The number of rotatable bonds is 6. The van der Waals surface area contributed by atoms with E-state index >= 15 is 0 Å². The number of benzene rings is 3. The van der Waals surface area contributed by atoms with Crippen molar-refractivity contribution in [2.45, 2.75) is 35.6 Å². The molecule has 1 amide bonds. The Balaban J connectivity index is 1.49. The summed E-state index contributed by atoms with van der Waals surface area (Å²) in [7, 11) is -3.84. The molecule has 9 heteroatoms. The molecule has 1 heterocycles. The van der Waals surface area contributed by atoms with Crippen LogP contribution in [0.5, 0.6) is 0 Å². The average molecular weight is 477 g/mol. The van der Waals surface area contributed by atoms with E-state index in [2.05, 4.69) is 17.9 Å². The smallest absolute Gasteiger partial charge is 0.243 e. The number of amides is 1. The molecule has 5 nitrogen and oxygen atoms in total. The lowest BCUT2D eigenvalue weighted by Gasteiger charge is -2.24. The van der Waals surface area contributed by atoms with Gasteiger partial charge < -0.3 is 5.32 Å². The third kappa shape index (κ3) is 4.79. The molecule has 3 aromatic rings. The van der Waals surface area contributed by atoms with E-state index in [1.165, 1.54) is 4.31 Å². The summed E-state index contributed by atoms with van der Waals surface area (Å²) in [5, 5.41) is 4.09. The first-order valence-electron chi connectivity index (χ1n) is 10.1. The number of nitrogens with one attached hydrogen (secondary N) is 1. The largest absolute Gasteiger partial charge is 0.352 e. The topological polar surface area (TPSA) is 66.5 Å². The second kappa shape index (κ2) is 9.17. The predicted molar refractivity (Wildman–Crippen MR) is 122 cm³/mol. The average Bonchev–Trinajstić information content (AvgIpc) is 3.14. The molecule has 0 radical (unpaired) electrons. The molecular weight excluding hydrogens is 454 g/mol. The maximum Gasteiger partial charge on any atom is 0.243 e. The van der Waals surface area contributed by atoms with E-state index in [0.29, 0.717) is 6.42 Å². The number of thiol groups is 1. The molecule has 1 saturated heterocycles. The van der Waals surface area contributed by atoms with Gasteiger partial charge in [-0.1, -0.05) is 30.3 Å². The number of carbonyl (C=O) groups is 1. The first-order chi connectivity index (χ1) is 15.2. The monoisotopic (exact) mass is 476 g/mol. The third-order valence-electron chi connectivity index (χ3n) is 5.57. The summed E-state index contributed by atoms with van der Waals surface area (Å²) in [6, 6.07) is 14.9. The molecule has 2 atom stereocenters. The van der Waals surface area contributed by atoms with Gasteiger partial charge in [0, 0.05) is 36.4 Å². The third-order valence-corrected chi connectivity index (χ3v) is 7.86. The van der Waals surface area contributed by atoms with Crippen molar-refractivity contribution in [2.75, 3.05) is 6.54 Å². The van der Waals surface area contributed by atoms with Crippen LogP contribution in [0, 0.1) is 11.6 Å². The second-order valence-corrected chi connectivity index (χ2v) is 10.5. The maximum atomic E-state index is 13.8. The van der Waals surface area contributed by atoms with Crippen molar-refractivity contribution < 1.29 is 22.0 Å². The van der Waals surface area contributed by atoms with Gasteiger partial charge in [0.15, 0.2) is 0 Å². The van der Waals surface area contributed by atoms with Crippen LogP contribution in [0.1, 0.15) is 18.4 Å². The molecule has 4 rings (SSSR count). The molecular formula is C23H22F2N2O3S2. The molecule has 0 saturated carbocycles. The number of carbonyl (C=O) groups excluding carboxylic acids is 1. The van der Waals surface area contributed by atoms with Crippen LogP contribution in [0.4, 0.5) is 8.78 Å². The summed E-state index contributed by atoms with van der Waals surface area (Å²) in [5.41, 5.74) is 0.0254. The molecule has 1 aliphatic rings. The van der Waals surface area contributed by atoms with Gasteiger partial charge in [0.25, 0.3) is 0 Å². The Hall–Kier alpha value is -2.49. The van der Waals surface area contributed by atoms with Crippen LogP contribution in [0.3, 0.4) is 0 Å². The van der Waals surface area contributed by atoms with Crippen LogP contribution < -0.4 is 5.32 Å². The summed E-state index contributed by atoms with van der Waals surface area (Å²) >= 11 is 4.44. The lowest BCUT2D eigenvalue weighted by Crippen LogP contribution is -2.39. The molecule has 0 aliphatic carbocycles. The summed E-state index contributed by atoms with van der Waals surface area (Å²) in [5.74, 6) is -1.67. The van der Waals surface area contributed by atoms with Gasteiger partial charge in [0.1, 0.15) is 11.6 Å². The molecule has 1 aliphatic heterocycles. The van der Waals surface area contributed by atoms with Crippen molar-refractivity contribution in [3.63, 3.8) is 0 Å². The van der Waals surface area contributed by atoms with E-state index in [1.54, 1.807) is 18.2 Å². The van der Waals surface area contributed by atoms with Crippen molar-refractivity contribution >= 4 is 39.3 Å². The number of hydrogen-bond donors (Lipinski definition) is 2. The molecule has 2 unspecified atom stereocenters. The summed E-state index contributed by atoms with van der Waals surface area (Å²) in [4.78, 5) is 12.6. The fourth-order valence-corrected chi connectivity index (χ4v) is 6.21. The summed E-state index contributed by atoms with van der Waals surface area (Å²) in [6.07, 6.45) is 0.318. The van der Waals surface area contributed by atoms with Gasteiger partial charge in [-0.05, 0) is 47.5 Å². The molecule has 0 bridgehead atoms. The lowest BCUT2D eigenvalue weighted by atomic mass is 10.1. The summed E-state index contributed by atoms with van der Waals surface area (Å²) < 4.78 is 55.1. The van der Waals surface area contributed by atoms with Gasteiger partial charge in [-0.3, -0.25) is 4.79 Å². The minimum absolute atomic E-state index is 0.0254. The molecule has 1 N–H and O–H groups in total. The Bertz CT molecular complexity index is 1270. The van der Waals surface area contributed by atoms with Crippen LogP contribution in [0.2, 0.25) is 0 Å². The zero-order valence-electron chi connectivity index (χ0n) is 17.0. The minimum atomic E-state index is -3.84. The molecule has 3 aromatic carbocycles. The Kier molecular flexibility index (Phi) is 6.50. The quantitative estimate of drug-likeness (QED) is 0.531. The second-order valence-electron chi connectivity index (χ2n) is 7.84. The van der Waals surface area contributed by atoms with E-state index < -0.39 is 33.6 Å². The van der Waals surface area contributed by atoms with Gasteiger partial charge in [-0.2, -0.15) is 16.9 Å². The fraction of sp³-hybridized carbons (Fsp3) is 0.261. The molecule has 32 heavy (non-hydrogen) atoms. The number of nitrogens with zero attached hydrogens (tertiary/aromatic N) is 1. The van der Waals surface area contributed by atoms with Gasteiger partial charge in [-0.25, -0.2) is 17.2 Å². The standard InChI is InChI=1S/C23H22F2N2O3S2/c24-18-6-8-22(25)17(9-18)13-26-23(28)12-19-11-20(31)14-27(19)32(29,30)21-7-5-15-3-1-2-4-16(15)10-21/h1-10,19-20,31H,11-14H2,(H,26,28). The van der Waals surface area contributed by atoms with Crippen molar-refractivity contribution in [2.24, 2.45) is 0 Å². The van der Waals surface area contributed by atoms with Crippen LogP contribution >= 0.6 is 12.6 Å². The SMILES string of the molecule is O=C(CC1CC(S)CN1S(=O)(=O)c1ccc2ccccc2c1)NCc1cc(F)ccc1F. The van der Waals surface area contributed by atoms with Crippen molar-refractivity contribution in [3.8, 4) is 0 Å². The number of fused-ring (bicyclic) bond motifs is 1. The molecule has 0 aromatic heterocycles. The highest BCUT2D eigenvalue weighted by Crippen LogP contribution is 2.31. The Morgan fingerprint density at radius 1 is 1.06 bits per heavy atom. The Labute approximate surface area is 190 Å². The van der Waals surface area contributed by atoms with Crippen molar-refractivity contribution in [3.05, 3.63) is 77.9 Å². The van der Waals surface area contributed by atoms with Crippen LogP contribution in [0.15, 0.2) is 65.6 Å². The normalized spacial score (nSPS) is 19.3. The zero-order chi connectivity index (χ0) is 22.9.